The van der Waals surface area contributed by atoms with Gasteiger partial charge in [-0.2, -0.15) is 12.6 Å². The van der Waals surface area contributed by atoms with Crippen LogP contribution < -0.4 is 0 Å². The molecule has 0 aromatic rings. The van der Waals surface area contributed by atoms with E-state index in [0.29, 0.717) is 6.61 Å². The Morgan fingerprint density at radius 1 is 1.80 bits per heavy atom. The number of hydrogen-bond acceptors (Lipinski definition) is 2. The fraction of sp³-hybridized carbons (Fsp3) is 1.00. The van der Waals surface area contributed by atoms with Crippen LogP contribution in [0.3, 0.4) is 0 Å². The van der Waals surface area contributed by atoms with Crippen LogP contribution >= 0.6 is 12.6 Å². The molecular weight excluding hydrogens is 100 g/mol. The van der Waals surface area contributed by atoms with Crippen molar-refractivity contribution in [3.63, 3.8) is 0 Å². The van der Waals surface area contributed by atoms with Gasteiger partial charge >= 0.3 is 0 Å². The van der Waals surface area contributed by atoms with Crippen LogP contribution in [0.15, 0.2) is 0 Å². The average molecular weight is 105 g/mol. The van der Waals surface area contributed by atoms with Crippen molar-refractivity contribution in [3.05, 3.63) is 0 Å². The van der Waals surface area contributed by atoms with E-state index in [-0.39, 0.29) is 0 Å². The van der Waals surface area contributed by atoms with E-state index in [9.17, 15) is 0 Å². The largest absolute Gasteiger partial charge is 0.418 e. The molecule has 0 aliphatic carbocycles. The minimum absolute atomic E-state index is 0.667. The van der Waals surface area contributed by atoms with Crippen LogP contribution in [-0.4, -0.2) is 22.8 Å². The predicted octanol–water partition coefficient (Wildman–Crippen LogP) is 0.0163. The Kier molecular flexibility index (Phi) is 5.00. The van der Waals surface area contributed by atoms with Crippen LogP contribution in [-0.2, 0) is 4.43 Å². The van der Waals surface area contributed by atoms with Gasteiger partial charge in [0, 0.05) is 12.4 Å². The first-order valence-corrected chi connectivity index (χ1v) is 2.35. The minimum atomic E-state index is 0.667. The summed E-state index contributed by atoms with van der Waals surface area (Å²) in [5, 5.41) is 0. The van der Waals surface area contributed by atoms with Crippen LogP contribution in [0, 0.1) is 0 Å². The van der Waals surface area contributed by atoms with Gasteiger partial charge in [0.25, 0.3) is 0 Å². The van der Waals surface area contributed by atoms with Gasteiger partial charge in [0.2, 0.25) is 10.5 Å². The summed E-state index contributed by atoms with van der Waals surface area (Å²) >= 11 is 3.84. The summed E-state index contributed by atoms with van der Waals surface area (Å²) in [7, 11) is 2.80. The highest BCUT2D eigenvalue weighted by Gasteiger charge is 1.67. The monoisotopic (exact) mass is 105 g/mol. The predicted molar refractivity (Wildman–Crippen MR) is 25.6 cm³/mol. The fourth-order valence-corrected chi connectivity index (χ4v) is 0.411. The zero-order chi connectivity index (χ0) is 4.12. The molecule has 0 atom stereocenters. The van der Waals surface area contributed by atoms with E-state index in [4.69, 9.17) is 0 Å². The molecule has 5 heavy (non-hydrogen) atoms. The second-order valence-electron chi connectivity index (χ2n) is 0.572. The first-order chi connectivity index (χ1) is 2.41. The standard InChI is InChI=1S/C2H5OSSi/c4-2-1-3-5/h4H,1-2H2. The fourth-order valence-electron chi connectivity index (χ4n) is 0.0456. The average Bonchev–Trinajstić information content (AvgIpc) is 1.41. The van der Waals surface area contributed by atoms with Crippen molar-refractivity contribution in [1.82, 2.24) is 0 Å². The van der Waals surface area contributed by atoms with Gasteiger partial charge in [-0.05, 0) is 0 Å². The summed E-state index contributed by atoms with van der Waals surface area (Å²) in [5.41, 5.74) is 0. The van der Waals surface area contributed by atoms with E-state index in [1.165, 1.54) is 0 Å². The maximum absolute atomic E-state index is 4.42. The maximum atomic E-state index is 4.42. The van der Waals surface area contributed by atoms with E-state index >= 15 is 0 Å². The molecule has 3 radical (unpaired) electrons. The number of thiol groups is 1. The number of rotatable bonds is 2. The molecule has 0 rings (SSSR count). The lowest BCUT2D eigenvalue weighted by atomic mass is 10.9. The highest BCUT2D eigenvalue weighted by atomic mass is 32.1. The third kappa shape index (κ3) is 4.53. The Morgan fingerprint density at radius 2 is 2.40 bits per heavy atom. The van der Waals surface area contributed by atoms with Crippen molar-refractivity contribution in [3.8, 4) is 0 Å². The lowest BCUT2D eigenvalue weighted by Gasteiger charge is -1.83. The van der Waals surface area contributed by atoms with Gasteiger partial charge in [0.1, 0.15) is 0 Å². The third-order valence-corrected chi connectivity index (χ3v) is 0.580. The molecule has 0 saturated heterocycles. The molecule has 3 heteroatoms. The topological polar surface area (TPSA) is 9.23 Å². The normalized spacial score (nSPS) is 8.40. The van der Waals surface area contributed by atoms with E-state index < -0.39 is 0 Å². The lowest BCUT2D eigenvalue weighted by Crippen LogP contribution is -1.87. The van der Waals surface area contributed by atoms with Crippen molar-refractivity contribution in [2.24, 2.45) is 0 Å². The van der Waals surface area contributed by atoms with Gasteiger partial charge in [-0.15, -0.1) is 0 Å². The van der Waals surface area contributed by atoms with Gasteiger partial charge in [-0.25, -0.2) is 0 Å². The summed E-state index contributed by atoms with van der Waals surface area (Å²) in [4.78, 5) is 0. The molecule has 29 valence electrons. The van der Waals surface area contributed by atoms with E-state index in [1.807, 2.05) is 0 Å². The van der Waals surface area contributed by atoms with Gasteiger partial charge < -0.3 is 4.43 Å². The van der Waals surface area contributed by atoms with Crippen LogP contribution in [0.5, 0.6) is 0 Å². The second-order valence-corrected chi connectivity index (χ2v) is 1.31. The molecule has 0 spiro atoms. The van der Waals surface area contributed by atoms with E-state index in [1.54, 1.807) is 0 Å². The first-order valence-electron chi connectivity index (χ1n) is 1.31. The van der Waals surface area contributed by atoms with Crippen molar-refractivity contribution in [1.29, 1.82) is 0 Å². The molecule has 0 unspecified atom stereocenters. The van der Waals surface area contributed by atoms with Crippen LogP contribution in [0.25, 0.3) is 0 Å². The third-order valence-electron chi connectivity index (χ3n) is 0.193. The molecule has 0 saturated carbocycles. The SMILES string of the molecule is [Si]OCCS. The van der Waals surface area contributed by atoms with Crippen molar-refractivity contribution in [2.45, 2.75) is 0 Å². The summed E-state index contributed by atoms with van der Waals surface area (Å²) in [6, 6.07) is 0. The Bertz CT molecular complexity index is 17.1. The molecule has 0 bridgehead atoms. The Morgan fingerprint density at radius 3 is 2.40 bits per heavy atom. The second kappa shape index (κ2) is 4.53. The molecule has 0 fully saturated rings. The van der Waals surface area contributed by atoms with E-state index in [2.05, 4.69) is 27.5 Å². The summed E-state index contributed by atoms with van der Waals surface area (Å²) in [6.45, 7) is 0.667. The Hall–Kier alpha value is 0.527. The molecule has 0 aliphatic heterocycles. The molecule has 0 aromatic heterocycles. The molecule has 1 nitrogen and oxygen atoms in total. The highest BCUT2D eigenvalue weighted by Crippen LogP contribution is 1.68. The summed E-state index contributed by atoms with van der Waals surface area (Å²) in [5.74, 6) is 0.767. The molecular formula is C2H5OSSi. The van der Waals surface area contributed by atoms with Gasteiger partial charge in [-0.3, -0.25) is 0 Å². The Balaban J connectivity index is 2.19. The summed E-state index contributed by atoms with van der Waals surface area (Å²) < 4.78 is 4.42. The molecule has 0 N–H and O–H groups in total. The van der Waals surface area contributed by atoms with Crippen LogP contribution in [0.1, 0.15) is 0 Å². The van der Waals surface area contributed by atoms with Crippen LogP contribution in [0.4, 0.5) is 0 Å². The molecule has 0 aliphatic rings. The number of hydrogen-bond donors (Lipinski definition) is 1. The molecule has 0 aromatic carbocycles. The lowest BCUT2D eigenvalue weighted by molar-refractivity contribution is 0.380. The Labute approximate surface area is 40.7 Å². The van der Waals surface area contributed by atoms with Gasteiger partial charge in [0.15, 0.2) is 0 Å². The van der Waals surface area contributed by atoms with Crippen molar-refractivity contribution < 1.29 is 4.43 Å². The minimum Gasteiger partial charge on any atom is -0.418 e. The molecule has 0 amide bonds. The maximum Gasteiger partial charge on any atom is 0.246 e. The highest BCUT2D eigenvalue weighted by molar-refractivity contribution is 7.80. The van der Waals surface area contributed by atoms with Gasteiger partial charge in [0.05, 0.1) is 0 Å². The quantitative estimate of drug-likeness (QED) is 0.384. The van der Waals surface area contributed by atoms with Crippen molar-refractivity contribution >= 4 is 23.1 Å². The van der Waals surface area contributed by atoms with E-state index in [0.717, 1.165) is 5.75 Å². The zero-order valence-electron chi connectivity index (χ0n) is 2.77. The van der Waals surface area contributed by atoms with Crippen molar-refractivity contribution in [2.75, 3.05) is 12.4 Å². The van der Waals surface area contributed by atoms with Crippen LogP contribution in [0.2, 0.25) is 0 Å². The first kappa shape index (κ1) is 5.53. The summed E-state index contributed by atoms with van der Waals surface area (Å²) in [6.07, 6.45) is 0. The van der Waals surface area contributed by atoms with Gasteiger partial charge in [-0.1, -0.05) is 0 Å². The zero-order valence-corrected chi connectivity index (χ0v) is 4.66. The molecule has 0 heterocycles. The smallest absolute Gasteiger partial charge is 0.246 e.